The second-order valence-electron chi connectivity index (χ2n) is 9.70. The number of ether oxygens (including phenoxy) is 2. The van der Waals surface area contributed by atoms with Crippen LogP contribution in [-0.4, -0.2) is 34.7 Å². The minimum Gasteiger partial charge on any atom is -0.487 e. The van der Waals surface area contributed by atoms with Crippen molar-refractivity contribution in [2.24, 2.45) is 0 Å². The number of carbonyl (C=O) groups excluding carboxylic acids is 1. The van der Waals surface area contributed by atoms with Gasteiger partial charge >= 0.3 is 6.09 Å². The first kappa shape index (κ1) is 24.1. The van der Waals surface area contributed by atoms with Crippen molar-refractivity contribution < 1.29 is 14.3 Å². The lowest BCUT2D eigenvalue weighted by molar-refractivity contribution is 0.0258. The highest BCUT2D eigenvalue weighted by molar-refractivity contribution is 6.31. The third kappa shape index (κ3) is 6.09. The molecule has 0 aliphatic carbocycles. The average Bonchev–Trinajstić information content (AvgIpc) is 2.99. The summed E-state index contributed by atoms with van der Waals surface area (Å²) in [4.78, 5) is 18.8. The van der Waals surface area contributed by atoms with Crippen LogP contribution < -0.4 is 4.74 Å². The predicted molar refractivity (Wildman–Crippen MR) is 135 cm³/mol. The molecule has 2 heterocycles. The Morgan fingerprint density at radius 1 is 1.03 bits per heavy atom. The molecule has 2 aromatic carbocycles. The van der Waals surface area contributed by atoms with Gasteiger partial charge in [-0.15, -0.1) is 0 Å². The van der Waals surface area contributed by atoms with Gasteiger partial charge in [0.05, 0.1) is 5.69 Å². The molecular formula is C28H31ClN2O3. The Morgan fingerprint density at radius 3 is 2.53 bits per heavy atom. The number of halogens is 1. The molecule has 0 saturated heterocycles. The first-order valence-corrected chi connectivity index (χ1v) is 12.0. The third-order valence-electron chi connectivity index (χ3n) is 5.76. The van der Waals surface area contributed by atoms with E-state index >= 15 is 0 Å². The molecule has 1 aliphatic rings. The van der Waals surface area contributed by atoms with Gasteiger partial charge in [-0.1, -0.05) is 29.8 Å². The van der Waals surface area contributed by atoms with E-state index in [9.17, 15) is 4.79 Å². The third-order valence-corrected chi connectivity index (χ3v) is 6.00. The molecule has 4 rings (SSSR count). The Morgan fingerprint density at radius 2 is 1.79 bits per heavy atom. The van der Waals surface area contributed by atoms with E-state index in [-0.39, 0.29) is 6.09 Å². The highest BCUT2D eigenvalue weighted by Crippen LogP contribution is 2.35. The van der Waals surface area contributed by atoms with Crippen LogP contribution in [0.4, 0.5) is 4.79 Å². The SMILES string of the molecule is Cc1ccnc(COc2ccc(Cl)cc2-c2ccc3c(c2)CCN(C(=O)OC(C)(C)C)CC3)c1. The van der Waals surface area contributed by atoms with Crippen molar-refractivity contribution >= 4 is 17.7 Å². The van der Waals surface area contributed by atoms with Gasteiger partial charge in [-0.25, -0.2) is 4.79 Å². The molecule has 5 nitrogen and oxygen atoms in total. The van der Waals surface area contributed by atoms with Crippen molar-refractivity contribution in [2.75, 3.05) is 13.1 Å². The summed E-state index contributed by atoms with van der Waals surface area (Å²) < 4.78 is 11.7. The van der Waals surface area contributed by atoms with Crippen LogP contribution in [0, 0.1) is 6.92 Å². The first-order valence-electron chi connectivity index (χ1n) is 11.6. The van der Waals surface area contributed by atoms with E-state index in [2.05, 4.69) is 23.2 Å². The van der Waals surface area contributed by atoms with Gasteiger partial charge in [0.15, 0.2) is 0 Å². The molecular weight excluding hydrogens is 448 g/mol. The molecule has 0 fully saturated rings. The maximum absolute atomic E-state index is 12.6. The Labute approximate surface area is 206 Å². The van der Waals surface area contributed by atoms with E-state index in [0.29, 0.717) is 24.7 Å². The van der Waals surface area contributed by atoms with Crippen molar-refractivity contribution in [3.05, 3.63) is 82.1 Å². The number of aromatic nitrogens is 1. The molecule has 6 heteroatoms. The molecule has 0 bridgehead atoms. The number of hydrogen-bond acceptors (Lipinski definition) is 4. The Hall–Kier alpha value is -3.05. The Kier molecular flexibility index (Phi) is 7.13. The van der Waals surface area contributed by atoms with Gasteiger partial charge in [-0.3, -0.25) is 4.98 Å². The van der Waals surface area contributed by atoms with Gasteiger partial charge in [0.25, 0.3) is 0 Å². The minimum atomic E-state index is -0.500. The quantitative estimate of drug-likeness (QED) is 0.422. The van der Waals surface area contributed by atoms with Gasteiger partial charge in [0.2, 0.25) is 0 Å². The summed E-state index contributed by atoms with van der Waals surface area (Å²) in [5.74, 6) is 0.761. The number of pyridine rings is 1. The fourth-order valence-electron chi connectivity index (χ4n) is 4.08. The number of amides is 1. The predicted octanol–water partition coefficient (Wildman–Crippen LogP) is 6.63. The topological polar surface area (TPSA) is 51.7 Å². The summed E-state index contributed by atoms with van der Waals surface area (Å²) in [5.41, 5.74) is 6.00. The normalized spacial score (nSPS) is 13.7. The molecule has 3 aromatic rings. The van der Waals surface area contributed by atoms with Crippen LogP contribution >= 0.6 is 11.6 Å². The molecule has 0 spiro atoms. The van der Waals surface area contributed by atoms with Gasteiger partial charge in [0.1, 0.15) is 18.0 Å². The number of nitrogens with zero attached hydrogens (tertiary/aromatic N) is 2. The maximum atomic E-state index is 12.6. The number of benzene rings is 2. The summed E-state index contributed by atoms with van der Waals surface area (Å²) in [7, 11) is 0. The molecule has 0 saturated carbocycles. The molecule has 1 amide bonds. The minimum absolute atomic E-state index is 0.254. The zero-order chi connectivity index (χ0) is 24.3. The standard InChI is InChI=1S/C28H31ClN2O3/c1-19-9-12-30-24(15-19)18-33-26-8-7-23(29)17-25(26)22-6-5-20-10-13-31(14-11-21(20)16-22)27(32)34-28(2,3)4/h5-9,12,15-17H,10-11,13-14,18H2,1-4H3. The maximum Gasteiger partial charge on any atom is 0.410 e. The molecule has 1 aromatic heterocycles. The molecule has 178 valence electrons. The largest absolute Gasteiger partial charge is 0.487 e. The summed E-state index contributed by atoms with van der Waals surface area (Å²) in [5, 5.41) is 0.655. The zero-order valence-corrected chi connectivity index (χ0v) is 21.0. The number of aryl methyl sites for hydroxylation is 1. The number of carbonyl (C=O) groups is 1. The van der Waals surface area contributed by atoms with Crippen molar-refractivity contribution in [1.82, 2.24) is 9.88 Å². The van der Waals surface area contributed by atoms with Crippen LogP contribution in [0.5, 0.6) is 5.75 Å². The fourth-order valence-corrected chi connectivity index (χ4v) is 4.26. The lowest BCUT2D eigenvalue weighted by Crippen LogP contribution is -2.38. The number of hydrogen-bond donors (Lipinski definition) is 0. The lowest BCUT2D eigenvalue weighted by Gasteiger charge is -2.26. The summed E-state index contributed by atoms with van der Waals surface area (Å²) in [6, 6.07) is 16.1. The molecule has 0 N–H and O–H groups in total. The highest BCUT2D eigenvalue weighted by atomic mass is 35.5. The molecule has 1 aliphatic heterocycles. The van der Waals surface area contributed by atoms with Gasteiger partial charge < -0.3 is 14.4 Å². The van der Waals surface area contributed by atoms with E-state index in [1.165, 1.54) is 11.1 Å². The van der Waals surface area contributed by atoms with Crippen LogP contribution in [0.15, 0.2) is 54.7 Å². The second-order valence-corrected chi connectivity index (χ2v) is 10.1. The Balaban J connectivity index is 1.54. The lowest BCUT2D eigenvalue weighted by atomic mass is 9.96. The molecule has 0 atom stereocenters. The van der Waals surface area contributed by atoms with Crippen LogP contribution in [0.1, 0.15) is 43.2 Å². The number of fused-ring (bicyclic) bond motifs is 1. The average molecular weight is 479 g/mol. The van der Waals surface area contributed by atoms with E-state index < -0.39 is 5.60 Å². The second kappa shape index (κ2) is 10.1. The van der Waals surface area contributed by atoms with Crippen LogP contribution in [0.2, 0.25) is 5.02 Å². The van der Waals surface area contributed by atoms with Crippen LogP contribution in [0.25, 0.3) is 11.1 Å². The monoisotopic (exact) mass is 478 g/mol. The van der Waals surface area contributed by atoms with Crippen molar-refractivity contribution in [3.63, 3.8) is 0 Å². The smallest absolute Gasteiger partial charge is 0.410 e. The summed E-state index contributed by atoms with van der Waals surface area (Å²) >= 11 is 6.35. The highest BCUT2D eigenvalue weighted by Gasteiger charge is 2.24. The van der Waals surface area contributed by atoms with Crippen molar-refractivity contribution in [3.8, 4) is 16.9 Å². The molecule has 0 radical (unpaired) electrons. The van der Waals surface area contributed by atoms with E-state index in [1.54, 1.807) is 11.1 Å². The fraction of sp³-hybridized carbons (Fsp3) is 0.357. The van der Waals surface area contributed by atoms with E-state index in [1.807, 2.05) is 58.0 Å². The Bertz CT molecular complexity index is 1190. The summed E-state index contributed by atoms with van der Waals surface area (Å²) in [6.45, 7) is 9.38. The van der Waals surface area contributed by atoms with Gasteiger partial charge in [-0.05, 0) is 93.1 Å². The molecule has 34 heavy (non-hydrogen) atoms. The van der Waals surface area contributed by atoms with Crippen LogP contribution in [0.3, 0.4) is 0 Å². The van der Waals surface area contributed by atoms with Crippen molar-refractivity contribution in [1.29, 1.82) is 0 Å². The van der Waals surface area contributed by atoms with E-state index in [4.69, 9.17) is 21.1 Å². The number of rotatable bonds is 4. The summed E-state index contributed by atoms with van der Waals surface area (Å²) in [6.07, 6.45) is 3.11. The van der Waals surface area contributed by atoms with Gasteiger partial charge in [0, 0.05) is 29.9 Å². The van der Waals surface area contributed by atoms with Gasteiger partial charge in [-0.2, -0.15) is 0 Å². The van der Waals surface area contributed by atoms with Crippen LogP contribution in [-0.2, 0) is 24.2 Å². The molecule has 0 unspecified atom stereocenters. The zero-order valence-electron chi connectivity index (χ0n) is 20.2. The van der Waals surface area contributed by atoms with Crippen molar-refractivity contribution in [2.45, 2.75) is 52.7 Å². The first-order chi connectivity index (χ1) is 16.2. The van der Waals surface area contributed by atoms with E-state index in [0.717, 1.165) is 41.0 Å².